The molecule has 0 spiro atoms. The van der Waals surface area contributed by atoms with Gasteiger partial charge in [0.2, 0.25) is 0 Å². The van der Waals surface area contributed by atoms with E-state index in [1.165, 1.54) is 19.3 Å². The molecule has 112 valence electrons. The van der Waals surface area contributed by atoms with Gasteiger partial charge in [-0.2, -0.15) is 0 Å². The van der Waals surface area contributed by atoms with Gasteiger partial charge in [0.25, 0.3) is 0 Å². The third kappa shape index (κ3) is 2.11. The van der Waals surface area contributed by atoms with Crippen molar-refractivity contribution < 1.29 is 9.53 Å². The van der Waals surface area contributed by atoms with Gasteiger partial charge < -0.3 is 15.0 Å². The number of fused-ring (bicyclic) bond motifs is 5. The summed E-state index contributed by atoms with van der Waals surface area (Å²) in [6.07, 6.45) is 4.15. The second-order valence-electron chi connectivity index (χ2n) is 6.83. The summed E-state index contributed by atoms with van der Waals surface area (Å²) >= 11 is 0. The van der Waals surface area contributed by atoms with Crippen LogP contribution in [-0.4, -0.2) is 67.8 Å². The molecular weight excluding hydrogens is 254 g/mol. The fourth-order valence-corrected chi connectivity index (χ4v) is 4.80. The van der Waals surface area contributed by atoms with Gasteiger partial charge in [0.1, 0.15) is 0 Å². The molecule has 5 heteroatoms. The molecule has 4 fully saturated rings. The van der Waals surface area contributed by atoms with Crippen LogP contribution >= 0.6 is 0 Å². The number of nitrogens with zero attached hydrogens (tertiary/aromatic N) is 2. The highest BCUT2D eigenvalue weighted by molar-refractivity contribution is 5.75. The Labute approximate surface area is 120 Å². The van der Waals surface area contributed by atoms with Crippen LogP contribution < -0.4 is 5.32 Å². The summed E-state index contributed by atoms with van der Waals surface area (Å²) in [4.78, 5) is 16.7. The standard InChI is InChI=1S/C15H25N3O2/c19-15(16-3-4-17-5-7-20-8-6-17)18-10-13-11-1-2-12(9-11)14(13)18/h11-14H,1-10H2,(H,16,19)/t11-,12-,13-,14-/m0/s1. The topological polar surface area (TPSA) is 44.8 Å². The molecule has 2 heterocycles. The van der Waals surface area contributed by atoms with E-state index in [9.17, 15) is 4.79 Å². The van der Waals surface area contributed by atoms with E-state index >= 15 is 0 Å². The highest BCUT2D eigenvalue weighted by atomic mass is 16.5. The van der Waals surface area contributed by atoms with Crippen LogP contribution in [0, 0.1) is 17.8 Å². The molecule has 4 rings (SSSR count). The Kier molecular flexibility index (Phi) is 3.34. The second-order valence-corrected chi connectivity index (χ2v) is 6.83. The second kappa shape index (κ2) is 5.19. The molecule has 0 aromatic carbocycles. The van der Waals surface area contributed by atoms with Crippen LogP contribution in [0.25, 0.3) is 0 Å². The first-order chi connectivity index (χ1) is 9.83. The zero-order valence-corrected chi connectivity index (χ0v) is 12.1. The van der Waals surface area contributed by atoms with Crippen molar-refractivity contribution in [3.63, 3.8) is 0 Å². The van der Waals surface area contributed by atoms with Crippen LogP contribution in [0.1, 0.15) is 19.3 Å². The van der Waals surface area contributed by atoms with E-state index in [1.807, 2.05) is 0 Å². The molecule has 2 amide bonds. The summed E-state index contributed by atoms with van der Waals surface area (Å²) in [6, 6.07) is 0.754. The van der Waals surface area contributed by atoms with Crippen LogP contribution in [0.3, 0.4) is 0 Å². The lowest BCUT2D eigenvalue weighted by molar-refractivity contribution is 0.0112. The van der Waals surface area contributed by atoms with Crippen molar-refractivity contribution in [2.75, 3.05) is 45.9 Å². The van der Waals surface area contributed by atoms with E-state index in [2.05, 4.69) is 15.1 Å². The van der Waals surface area contributed by atoms with Crippen molar-refractivity contribution in [1.82, 2.24) is 15.1 Å². The van der Waals surface area contributed by atoms with Crippen molar-refractivity contribution in [3.05, 3.63) is 0 Å². The van der Waals surface area contributed by atoms with E-state index in [4.69, 9.17) is 4.74 Å². The van der Waals surface area contributed by atoms with Crippen LogP contribution in [0.5, 0.6) is 0 Å². The van der Waals surface area contributed by atoms with Crippen molar-refractivity contribution in [2.45, 2.75) is 25.3 Å². The van der Waals surface area contributed by atoms with Gasteiger partial charge in [-0.3, -0.25) is 4.90 Å². The molecular formula is C15H25N3O2. The van der Waals surface area contributed by atoms with Crippen LogP contribution in [0.4, 0.5) is 4.79 Å². The molecule has 2 saturated heterocycles. The van der Waals surface area contributed by atoms with Gasteiger partial charge in [0, 0.05) is 44.7 Å². The van der Waals surface area contributed by atoms with Crippen molar-refractivity contribution in [3.8, 4) is 0 Å². The van der Waals surface area contributed by atoms with Gasteiger partial charge in [-0.1, -0.05) is 0 Å². The smallest absolute Gasteiger partial charge is 0.317 e. The molecule has 1 N–H and O–H groups in total. The van der Waals surface area contributed by atoms with Crippen molar-refractivity contribution >= 4 is 6.03 Å². The number of hydrogen-bond acceptors (Lipinski definition) is 3. The molecule has 2 aliphatic carbocycles. The number of nitrogens with one attached hydrogen (secondary N) is 1. The Hall–Kier alpha value is -0.810. The zero-order valence-electron chi connectivity index (χ0n) is 12.1. The number of carbonyl (C=O) groups is 1. The minimum absolute atomic E-state index is 0.173. The Morgan fingerprint density at radius 2 is 2.00 bits per heavy atom. The maximum atomic E-state index is 12.3. The quantitative estimate of drug-likeness (QED) is 0.829. The van der Waals surface area contributed by atoms with E-state index in [1.54, 1.807) is 0 Å². The largest absolute Gasteiger partial charge is 0.379 e. The molecule has 0 aromatic rings. The molecule has 5 nitrogen and oxygen atoms in total. The molecule has 0 radical (unpaired) electrons. The Morgan fingerprint density at radius 3 is 2.80 bits per heavy atom. The Morgan fingerprint density at radius 1 is 1.20 bits per heavy atom. The Bertz CT molecular complexity index is 381. The molecule has 0 unspecified atom stereocenters. The highest BCUT2D eigenvalue weighted by Crippen LogP contribution is 2.55. The van der Waals surface area contributed by atoms with E-state index in [0.29, 0.717) is 6.04 Å². The summed E-state index contributed by atoms with van der Waals surface area (Å²) < 4.78 is 5.33. The summed E-state index contributed by atoms with van der Waals surface area (Å²) in [7, 11) is 0. The lowest BCUT2D eigenvalue weighted by atomic mass is 9.77. The maximum absolute atomic E-state index is 12.3. The predicted octanol–water partition coefficient (Wildman–Crippen LogP) is 0.758. The molecule has 4 atom stereocenters. The van der Waals surface area contributed by atoms with Gasteiger partial charge >= 0.3 is 6.03 Å². The number of morpholine rings is 1. The molecule has 20 heavy (non-hydrogen) atoms. The third-order valence-corrected chi connectivity index (χ3v) is 5.88. The van der Waals surface area contributed by atoms with E-state index in [-0.39, 0.29) is 6.03 Å². The van der Waals surface area contributed by atoms with Gasteiger partial charge in [-0.05, 0) is 31.1 Å². The van der Waals surface area contributed by atoms with Crippen molar-refractivity contribution in [1.29, 1.82) is 0 Å². The minimum Gasteiger partial charge on any atom is -0.379 e. The van der Waals surface area contributed by atoms with Gasteiger partial charge in [0.15, 0.2) is 0 Å². The van der Waals surface area contributed by atoms with Crippen LogP contribution in [0.2, 0.25) is 0 Å². The fraction of sp³-hybridized carbons (Fsp3) is 0.933. The number of ether oxygens (including phenoxy) is 1. The number of urea groups is 1. The first kappa shape index (κ1) is 12.9. The van der Waals surface area contributed by atoms with E-state index < -0.39 is 0 Å². The highest BCUT2D eigenvalue weighted by Gasteiger charge is 2.57. The first-order valence-corrected chi connectivity index (χ1v) is 8.17. The lowest BCUT2D eigenvalue weighted by Crippen LogP contribution is -2.63. The Balaban J connectivity index is 1.21. The normalized spacial score (nSPS) is 39.5. The fourth-order valence-electron chi connectivity index (χ4n) is 4.80. The average Bonchev–Trinajstić information content (AvgIpc) is 2.96. The number of amides is 2. The maximum Gasteiger partial charge on any atom is 0.317 e. The average molecular weight is 279 g/mol. The molecule has 4 aliphatic rings. The number of carbonyl (C=O) groups excluding carboxylic acids is 1. The van der Waals surface area contributed by atoms with Crippen molar-refractivity contribution in [2.24, 2.45) is 17.8 Å². The monoisotopic (exact) mass is 279 g/mol. The summed E-state index contributed by atoms with van der Waals surface area (Å²) in [5.74, 6) is 2.57. The number of hydrogen-bond donors (Lipinski definition) is 1. The van der Waals surface area contributed by atoms with Gasteiger partial charge in [-0.25, -0.2) is 4.79 Å². The first-order valence-electron chi connectivity index (χ1n) is 8.17. The molecule has 0 aromatic heterocycles. The zero-order chi connectivity index (χ0) is 13.5. The summed E-state index contributed by atoms with van der Waals surface area (Å²) in [5.41, 5.74) is 0. The minimum atomic E-state index is 0.173. The number of rotatable bonds is 3. The summed E-state index contributed by atoms with van der Waals surface area (Å²) in [6.45, 7) is 6.36. The predicted molar refractivity (Wildman–Crippen MR) is 75.5 cm³/mol. The number of likely N-dealkylation sites (tertiary alicyclic amines) is 1. The SMILES string of the molecule is O=C(NCCN1CCOCC1)N1C[C@H]2[C@H]3CC[C@@H](C3)[C@@H]21. The molecule has 2 bridgehead atoms. The molecule has 2 saturated carbocycles. The summed E-state index contributed by atoms with van der Waals surface area (Å²) in [5, 5.41) is 3.11. The molecule has 2 aliphatic heterocycles. The van der Waals surface area contributed by atoms with Crippen LogP contribution in [0.15, 0.2) is 0 Å². The van der Waals surface area contributed by atoms with E-state index in [0.717, 1.165) is 63.7 Å². The lowest BCUT2D eigenvalue weighted by Gasteiger charge is -2.50. The van der Waals surface area contributed by atoms with Crippen LogP contribution in [-0.2, 0) is 4.74 Å². The third-order valence-electron chi connectivity index (χ3n) is 5.88. The van der Waals surface area contributed by atoms with Gasteiger partial charge in [0.05, 0.1) is 13.2 Å². The van der Waals surface area contributed by atoms with Gasteiger partial charge in [-0.15, -0.1) is 0 Å².